The van der Waals surface area contributed by atoms with Gasteiger partial charge in [-0.05, 0) is 60.7 Å². The summed E-state index contributed by atoms with van der Waals surface area (Å²) in [6.07, 6.45) is 0. The molecule has 0 aliphatic carbocycles. The number of nitrogens with zero attached hydrogens (tertiary/aromatic N) is 1. The molecule has 0 aromatic heterocycles. The molecule has 0 saturated heterocycles. The average molecular weight is 504 g/mol. The van der Waals surface area contributed by atoms with Crippen LogP contribution in [0.1, 0.15) is 31.1 Å². The van der Waals surface area contributed by atoms with Crippen molar-refractivity contribution in [1.82, 2.24) is 4.90 Å². The number of hydrogen-bond donors (Lipinski definition) is 2. The second-order valence-corrected chi connectivity index (χ2v) is 9.69. The Morgan fingerprint density at radius 2 is 1.48 bits per heavy atom. The number of hydrogen-bond acceptors (Lipinski definition) is 5. The van der Waals surface area contributed by atoms with Crippen LogP contribution in [-0.2, 0) is 10.0 Å². The fourth-order valence-corrected chi connectivity index (χ4v) is 4.63. The van der Waals surface area contributed by atoms with Gasteiger partial charge in [0.05, 0.1) is 27.3 Å². The number of amides is 3. The van der Waals surface area contributed by atoms with E-state index in [4.69, 9.17) is 23.2 Å². The maximum absolute atomic E-state index is 13.0. The Labute approximate surface area is 199 Å². The highest BCUT2D eigenvalue weighted by Gasteiger charge is 2.33. The van der Waals surface area contributed by atoms with E-state index in [0.717, 1.165) is 4.90 Å². The van der Waals surface area contributed by atoms with Crippen LogP contribution >= 0.6 is 23.2 Å². The van der Waals surface area contributed by atoms with Crippen molar-refractivity contribution in [2.75, 3.05) is 17.1 Å². The first-order valence-electron chi connectivity index (χ1n) is 9.42. The molecule has 1 aliphatic rings. The number of carbonyl (C=O) groups excluding carboxylic acids is 3. The quantitative estimate of drug-likeness (QED) is 0.504. The minimum Gasteiger partial charge on any atom is -0.322 e. The predicted molar refractivity (Wildman–Crippen MR) is 125 cm³/mol. The van der Waals surface area contributed by atoms with Gasteiger partial charge in [-0.1, -0.05) is 23.2 Å². The van der Waals surface area contributed by atoms with Crippen LogP contribution in [0.25, 0.3) is 0 Å². The fourth-order valence-electron chi connectivity index (χ4n) is 3.25. The molecule has 4 rings (SSSR count). The molecule has 8 nitrogen and oxygen atoms in total. The summed E-state index contributed by atoms with van der Waals surface area (Å²) in [5.74, 6) is -1.58. The van der Waals surface area contributed by atoms with Gasteiger partial charge in [-0.3, -0.25) is 24.0 Å². The van der Waals surface area contributed by atoms with Crippen molar-refractivity contribution < 1.29 is 22.8 Å². The van der Waals surface area contributed by atoms with E-state index in [2.05, 4.69) is 10.0 Å². The van der Waals surface area contributed by atoms with Crippen molar-refractivity contribution in [2.45, 2.75) is 4.90 Å². The van der Waals surface area contributed by atoms with Crippen molar-refractivity contribution in [3.8, 4) is 0 Å². The number of nitrogens with one attached hydrogen (secondary N) is 2. The van der Waals surface area contributed by atoms with Gasteiger partial charge in [-0.15, -0.1) is 0 Å². The number of carbonyl (C=O) groups is 3. The van der Waals surface area contributed by atoms with Gasteiger partial charge in [-0.2, -0.15) is 0 Å². The standard InChI is InChI=1S/C22H15Cl2N3O5S/c1-27-21(29)16-8-5-14(11-17(16)22(27)30)25-20(28)18-10-13(24)4-9-19(18)26-33(31,32)15-6-2-12(23)3-7-15/h2-11,26H,1H3,(H,25,28). The lowest BCUT2D eigenvalue weighted by atomic mass is 10.1. The summed E-state index contributed by atoms with van der Waals surface area (Å²) in [5.41, 5.74) is 0.607. The van der Waals surface area contributed by atoms with Gasteiger partial charge < -0.3 is 5.32 Å². The zero-order valence-electron chi connectivity index (χ0n) is 16.9. The van der Waals surface area contributed by atoms with Gasteiger partial charge in [0, 0.05) is 22.8 Å². The highest BCUT2D eigenvalue weighted by molar-refractivity contribution is 7.92. The van der Waals surface area contributed by atoms with Crippen LogP contribution in [0.4, 0.5) is 11.4 Å². The van der Waals surface area contributed by atoms with E-state index in [-0.39, 0.29) is 38.0 Å². The van der Waals surface area contributed by atoms with Gasteiger partial charge in [-0.25, -0.2) is 8.42 Å². The summed E-state index contributed by atoms with van der Waals surface area (Å²) in [4.78, 5) is 38.2. The Balaban J connectivity index is 1.63. The average Bonchev–Trinajstić information content (AvgIpc) is 2.99. The molecule has 168 valence electrons. The largest absolute Gasteiger partial charge is 0.322 e. The smallest absolute Gasteiger partial charge is 0.261 e. The molecular formula is C22H15Cl2N3O5S. The molecule has 1 heterocycles. The number of sulfonamides is 1. The fraction of sp³-hybridized carbons (Fsp3) is 0.0455. The molecule has 3 amide bonds. The number of fused-ring (bicyclic) bond motifs is 1. The Bertz CT molecular complexity index is 1420. The van der Waals surface area contributed by atoms with Gasteiger partial charge in [0.2, 0.25) is 0 Å². The van der Waals surface area contributed by atoms with Crippen LogP contribution in [-0.4, -0.2) is 38.1 Å². The summed E-state index contributed by atoms with van der Waals surface area (Å²) in [5, 5.41) is 3.20. The number of halogens is 2. The zero-order valence-corrected chi connectivity index (χ0v) is 19.3. The molecule has 3 aromatic rings. The Kier molecular flexibility index (Phi) is 5.87. The van der Waals surface area contributed by atoms with Crippen LogP contribution in [0.2, 0.25) is 10.0 Å². The first kappa shape index (κ1) is 22.8. The molecule has 3 aromatic carbocycles. The number of anilines is 2. The summed E-state index contributed by atoms with van der Waals surface area (Å²) in [7, 11) is -2.65. The Hall–Kier alpha value is -3.40. The number of rotatable bonds is 5. The van der Waals surface area contributed by atoms with Gasteiger partial charge >= 0.3 is 0 Å². The maximum Gasteiger partial charge on any atom is 0.261 e. The molecule has 0 unspecified atom stereocenters. The van der Waals surface area contributed by atoms with Crippen molar-refractivity contribution in [1.29, 1.82) is 0 Å². The zero-order chi connectivity index (χ0) is 23.9. The minimum atomic E-state index is -4.02. The van der Waals surface area contributed by atoms with Crippen LogP contribution in [0.15, 0.2) is 65.6 Å². The Morgan fingerprint density at radius 3 is 2.18 bits per heavy atom. The number of imide groups is 1. The van der Waals surface area contributed by atoms with Crippen LogP contribution < -0.4 is 10.0 Å². The van der Waals surface area contributed by atoms with Crippen LogP contribution in [0.5, 0.6) is 0 Å². The van der Waals surface area contributed by atoms with E-state index in [1.165, 1.54) is 67.7 Å². The first-order valence-corrected chi connectivity index (χ1v) is 11.7. The summed E-state index contributed by atoms with van der Waals surface area (Å²) < 4.78 is 27.9. The molecule has 0 bridgehead atoms. The minimum absolute atomic E-state index is 0.000928. The summed E-state index contributed by atoms with van der Waals surface area (Å²) >= 11 is 11.9. The van der Waals surface area contributed by atoms with E-state index < -0.39 is 27.7 Å². The van der Waals surface area contributed by atoms with Crippen molar-refractivity contribution in [3.05, 3.63) is 87.4 Å². The van der Waals surface area contributed by atoms with E-state index in [1.54, 1.807) is 0 Å². The van der Waals surface area contributed by atoms with E-state index in [1.807, 2.05) is 0 Å². The second-order valence-electron chi connectivity index (χ2n) is 7.13. The highest BCUT2D eigenvalue weighted by atomic mass is 35.5. The molecule has 0 spiro atoms. The van der Waals surface area contributed by atoms with E-state index >= 15 is 0 Å². The molecule has 11 heteroatoms. The third kappa shape index (κ3) is 4.43. The maximum atomic E-state index is 13.0. The van der Waals surface area contributed by atoms with Gasteiger partial charge in [0.1, 0.15) is 0 Å². The van der Waals surface area contributed by atoms with Crippen molar-refractivity contribution in [3.63, 3.8) is 0 Å². The van der Waals surface area contributed by atoms with Crippen LogP contribution in [0, 0.1) is 0 Å². The van der Waals surface area contributed by atoms with E-state index in [0.29, 0.717) is 5.02 Å². The van der Waals surface area contributed by atoms with Crippen LogP contribution in [0.3, 0.4) is 0 Å². The highest BCUT2D eigenvalue weighted by Crippen LogP contribution is 2.28. The lowest BCUT2D eigenvalue weighted by Crippen LogP contribution is -2.24. The topological polar surface area (TPSA) is 113 Å². The molecule has 0 fully saturated rings. The van der Waals surface area contributed by atoms with Crippen molar-refractivity contribution >= 4 is 62.3 Å². The van der Waals surface area contributed by atoms with E-state index in [9.17, 15) is 22.8 Å². The van der Waals surface area contributed by atoms with Gasteiger partial charge in [0.25, 0.3) is 27.7 Å². The summed E-state index contributed by atoms with van der Waals surface area (Å²) in [6.45, 7) is 0. The first-order chi connectivity index (χ1) is 15.6. The molecule has 0 radical (unpaired) electrons. The molecule has 33 heavy (non-hydrogen) atoms. The number of benzene rings is 3. The SMILES string of the molecule is CN1C(=O)c2ccc(NC(=O)c3cc(Cl)ccc3NS(=O)(=O)c3ccc(Cl)cc3)cc2C1=O. The van der Waals surface area contributed by atoms with Crippen molar-refractivity contribution in [2.24, 2.45) is 0 Å². The predicted octanol–water partition coefficient (Wildman–Crippen LogP) is 4.27. The lowest BCUT2D eigenvalue weighted by Gasteiger charge is -2.14. The second kappa shape index (κ2) is 8.51. The van der Waals surface area contributed by atoms with Gasteiger partial charge in [0.15, 0.2) is 0 Å². The Morgan fingerprint density at radius 1 is 0.848 bits per heavy atom. The lowest BCUT2D eigenvalue weighted by molar-refractivity contribution is 0.0692. The summed E-state index contributed by atoms with van der Waals surface area (Å²) in [6, 6.07) is 14.0. The molecule has 1 aliphatic heterocycles. The normalized spacial score (nSPS) is 13.1. The third-order valence-electron chi connectivity index (χ3n) is 4.94. The monoisotopic (exact) mass is 503 g/mol. The molecule has 2 N–H and O–H groups in total. The molecule has 0 saturated carbocycles. The molecular weight excluding hydrogens is 489 g/mol. The third-order valence-corrected chi connectivity index (χ3v) is 6.81. The molecule has 0 atom stereocenters.